The molecule has 2 N–H and O–H groups in total. The summed E-state index contributed by atoms with van der Waals surface area (Å²) in [6.07, 6.45) is 0. The summed E-state index contributed by atoms with van der Waals surface area (Å²) in [4.78, 5) is 0. The van der Waals surface area contributed by atoms with Crippen molar-refractivity contribution in [1.29, 1.82) is 0 Å². The first-order valence-corrected chi connectivity index (χ1v) is 5.41. The first-order valence-electron chi connectivity index (χ1n) is 5.04. The maximum atomic E-state index is 13.1. The number of hydrogen-bond acceptors (Lipinski definition) is 1. The lowest BCUT2D eigenvalue weighted by molar-refractivity contribution is 0.506. The topological polar surface area (TPSA) is 26.0 Å². The predicted octanol–water partition coefficient (Wildman–Crippen LogP) is 3.67. The van der Waals surface area contributed by atoms with Crippen molar-refractivity contribution < 1.29 is 8.78 Å². The van der Waals surface area contributed by atoms with Crippen LogP contribution in [0.4, 0.5) is 8.78 Å². The quantitative estimate of drug-likeness (QED) is 0.868. The van der Waals surface area contributed by atoms with Crippen LogP contribution in [0, 0.1) is 11.6 Å². The third-order valence-corrected chi connectivity index (χ3v) is 2.78. The van der Waals surface area contributed by atoms with Crippen LogP contribution in [-0.4, -0.2) is 0 Å². The fourth-order valence-corrected chi connectivity index (χ4v) is 1.69. The molecule has 2 rings (SSSR count). The molecule has 0 aliphatic heterocycles. The molecule has 0 aliphatic rings. The van der Waals surface area contributed by atoms with Crippen molar-refractivity contribution in [2.45, 2.75) is 6.04 Å². The van der Waals surface area contributed by atoms with Gasteiger partial charge in [-0.2, -0.15) is 0 Å². The Balaban J connectivity index is 2.33. The van der Waals surface area contributed by atoms with Gasteiger partial charge in [-0.15, -0.1) is 0 Å². The molecule has 17 heavy (non-hydrogen) atoms. The molecule has 0 aromatic heterocycles. The lowest BCUT2D eigenvalue weighted by Crippen LogP contribution is -2.12. The van der Waals surface area contributed by atoms with E-state index in [1.54, 1.807) is 24.3 Å². The predicted molar refractivity (Wildman–Crippen MR) is 63.8 cm³/mol. The third kappa shape index (κ3) is 2.62. The van der Waals surface area contributed by atoms with Gasteiger partial charge in [0, 0.05) is 5.02 Å². The highest BCUT2D eigenvalue weighted by Gasteiger charge is 2.11. The van der Waals surface area contributed by atoms with Crippen molar-refractivity contribution in [3.8, 4) is 0 Å². The smallest absolute Gasteiger partial charge is 0.159 e. The molecule has 1 atom stereocenters. The summed E-state index contributed by atoms with van der Waals surface area (Å²) in [5.41, 5.74) is 7.26. The van der Waals surface area contributed by atoms with Crippen LogP contribution in [0.3, 0.4) is 0 Å². The Morgan fingerprint density at radius 1 is 0.882 bits per heavy atom. The zero-order valence-electron chi connectivity index (χ0n) is 8.83. The maximum Gasteiger partial charge on any atom is 0.159 e. The zero-order chi connectivity index (χ0) is 12.4. The highest BCUT2D eigenvalue weighted by molar-refractivity contribution is 6.30. The van der Waals surface area contributed by atoms with E-state index in [-0.39, 0.29) is 0 Å². The lowest BCUT2D eigenvalue weighted by Gasteiger charge is -2.12. The van der Waals surface area contributed by atoms with Crippen molar-refractivity contribution in [3.63, 3.8) is 0 Å². The number of benzene rings is 2. The summed E-state index contributed by atoms with van der Waals surface area (Å²) in [5.74, 6) is -1.77. The van der Waals surface area contributed by atoms with Crippen molar-refractivity contribution in [2.75, 3.05) is 0 Å². The molecule has 0 aliphatic carbocycles. The molecule has 2 aromatic rings. The average Bonchev–Trinajstić information content (AvgIpc) is 2.33. The first kappa shape index (κ1) is 12.0. The van der Waals surface area contributed by atoms with Crippen LogP contribution in [-0.2, 0) is 0 Å². The molecule has 1 unspecified atom stereocenters. The van der Waals surface area contributed by atoms with E-state index in [9.17, 15) is 8.78 Å². The Kier molecular flexibility index (Phi) is 3.41. The minimum atomic E-state index is -0.896. The van der Waals surface area contributed by atoms with Gasteiger partial charge >= 0.3 is 0 Å². The molecule has 0 amide bonds. The summed E-state index contributed by atoms with van der Waals surface area (Å²) in [7, 11) is 0. The van der Waals surface area contributed by atoms with Gasteiger partial charge in [-0.05, 0) is 35.4 Å². The summed E-state index contributed by atoms with van der Waals surface area (Å²) in [6, 6.07) is 10.1. The van der Waals surface area contributed by atoms with E-state index < -0.39 is 17.7 Å². The number of nitrogens with two attached hydrogens (primary N) is 1. The Hall–Kier alpha value is -1.45. The molecule has 0 saturated carbocycles. The maximum absolute atomic E-state index is 13.1. The Bertz CT molecular complexity index is 525. The highest BCUT2D eigenvalue weighted by atomic mass is 35.5. The van der Waals surface area contributed by atoms with Gasteiger partial charge in [-0.1, -0.05) is 29.8 Å². The van der Waals surface area contributed by atoms with Crippen LogP contribution < -0.4 is 5.73 Å². The molecule has 0 saturated heterocycles. The monoisotopic (exact) mass is 253 g/mol. The van der Waals surface area contributed by atoms with Crippen molar-refractivity contribution in [1.82, 2.24) is 0 Å². The van der Waals surface area contributed by atoms with Crippen molar-refractivity contribution >= 4 is 11.6 Å². The Labute approximate surface area is 103 Å². The van der Waals surface area contributed by atoms with E-state index in [1.165, 1.54) is 6.07 Å². The van der Waals surface area contributed by atoms with Gasteiger partial charge in [-0.25, -0.2) is 8.78 Å². The van der Waals surface area contributed by atoms with Gasteiger partial charge in [0.1, 0.15) is 0 Å². The molecule has 2 aromatic carbocycles. The molecule has 0 spiro atoms. The summed E-state index contributed by atoms with van der Waals surface area (Å²) in [5, 5.41) is 0.603. The van der Waals surface area contributed by atoms with E-state index in [2.05, 4.69) is 0 Å². The van der Waals surface area contributed by atoms with Crippen molar-refractivity contribution in [2.24, 2.45) is 5.73 Å². The van der Waals surface area contributed by atoms with Gasteiger partial charge in [0.15, 0.2) is 11.6 Å². The summed E-state index contributed by atoms with van der Waals surface area (Å²) < 4.78 is 25.9. The van der Waals surface area contributed by atoms with Crippen LogP contribution in [0.1, 0.15) is 17.2 Å². The Morgan fingerprint density at radius 2 is 1.47 bits per heavy atom. The average molecular weight is 254 g/mol. The number of rotatable bonds is 2. The van der Waals surface area contributed by atoms with Crippen LogP contribution in [0.5, 0.6) is 0 Å². The second-order valence-corrected chi connectivity index (χ2v) is 4.14. The largest absolute Gasteiger partial charge is 0.320 e. The van der Waals surface area contributed by atoms with Crippen LogP contribution in [0.2, 0.25) is 5.02 Å². The number of halogens is 3. The molecule has 88 valence electrons. The van der Waals surface area contributed by atoms with E-state index in [4.69, 9.17) is 17.3 Å². The molecule has 0 bridgehead atoms. The van der Waals surface area contributed by atoms with Gasteiger partial charge in [-0.3, -0.25) is 0 Å². The van der Waals surface area contributed by atoms with E-state index in [0.29, 0.717) is 10.6 Å². The van der Waals surface area contributed by atoms with E-state index in [1.807, 2.05) is 0 Å². The molecule has 1 nitrogen and oxygen atoms in total. The molecule has 4 heteroatoms. The first-order chi connectivity index (χ1) is 8.08. The minimum absolute atomic E-state index is 0.498. The van der Waals surface area contributed by atoms with Crippen LogP contribution in [0.25, 0.3) is 0 Å². The second kappa shape index (κ2) is 4.82. The fraction of sp³-hybridized carbons (Fsp3) is 0.0769. The zero-order valence-corrected chi connectivity index (χ0v) is 9.59. The van der Waals surface area contributed by atoms with E-state index in [0.717, 1.165) is 17.7 Å². The van der Waals surface area contributed by atoms with Gasteiger partial charge in [0.05, 0.1) is 6.04 Å². The molecular formula is C13H10ClF2N. The minimum Gasteiger partial charge on any atom is -0.320 e. The molecule has 0 fully saturated rings. The van der Waals surface area contributed by atoms with Gasteiger partial charge in [0.25, 0.3) is 0 Å². The lowest BCUT2D eigenvalue weighted by atomic mass is 9.99. The van der Waals surface area contributed by atoms with Crippen LogP contribution >= 0.6 is 11.6 Å². The van der Waals surface area contributed by atoms with Gasteiger partial charge < -0.3 is 5.73 Å². The highest BCUT2D eigenvalue weighted by Crippen LogP contribution is 2.22. The molecule has 0 radical (unpaired) electrons. The summed E-state index contributed by atoms with van der Waals surface area (Å²) in [6.45, 7) is 0. The SMILES string of the molecule is NC(c1ccc(Cl)cc1)c1ccc(F)c(F)c1. The van der Waals surface area contributed by atoms with Crippen molar-refractivity contribution in [3.05, 3.63) is 70.2 Å². The second-order valence-electron chi connectivity index (χ2n) is 3.70. The van der Waals surface area contributed by atoms with Crippen LogP contribution in [0.15, 0.2) is 42.5 Å². The summed E-state index contributed by atoms with van der Waals surface area (Å²) >= 11 is 5.76. The third-order valence-electron chi connectivity index (χ3n) is 2.53. The number of hydrogen-bond donors (Lipinski definition) is 1. The Morgan fingerprint density at radius 3 is 2.06 bits per heavy atom. The standard InChI is InChI=1S/C13H10ClF2N/c14-10-4-1-8(2-5-10)13(17)9-3-6-11(15)12(16)7-9/h1-7,13H,17H2. The normalized spacial score (nSPS) is 12.5. The van der Waals surface area contributed by atoms with E-state index >= 15 is 0 Å². The molecule has 0 heterocycles. The molecular weight excluding hydrogens is 244 g/mol. The fourth-order valence-electron chi connectivity index (χ4n) is 1.57. The van der Waals surface area contributed by atoms with Gasteiger partial charge in [0.2, 0.25) is 0 Å².